The summed E-state index contributed by atoms with van der Waals surface area (Å²) in [5, 5.41) is 3.06. The summed E-state index contributed by atoms with van der Waals surface area (Å²) in [5.41, 5.74) is 0.981. The van der Waals surface area contributed by atoms with Crippen LogP contribution in [0.2, 0.25) is 0 Å². The number of para-hydroxylation sites is 1. The molecule has 0 spiro atoms. The van der Waals surface area contributed by atoms with Crippen molar-refractivity contribution in [2.75, 3.05) is 44.7 Å². The summed E-state index contributed by atoms with van der Waals surface area (Å²) in [6.07, 6.45) is 3.50. The number of carbonyl (C=O) groups is 1. The second-order valence-corrected chi connectivity index (χ2v) is 6.34. The predicted octanol–water partition coefficient (Wildman–Crippen LogP) is 1.48. The van der Waals surface area contributed by atoms with Crippen LogP contribution in [0, 0.1) is 0 Å². The number of hydrogen-bond donors (Lipinski definition) is 1. The molecule has 1 atom stereocenters. The Morgan fingerprint density at radius 1 is 1.15 bits per heavy atom. The minimum atomic E-state index is -0.0994. The van der Waals surface area contributed by atoms with Gasteiger partial charge >= 0.3 is 0 Å². The molecule has 0 saturated carbocycles. The lowest BCUT2D eigenvalue weighted by atomic mass is 10.1. The van der Waals surface area contributed by atoms with Gasteiger partial charge in [-0.2, -0.15) is 0 Å². The Morgan fingerprint density at radius 3 is 2.54 bits per heavy atom. The first kappa shape index (κ1) is 18.1. The van der Waals surface area contributed by atoms with Crippen LogP contribution in [0.15, 0.2) is 42.7 Å². The van der Waals surface area contributed by atoms with E-state index in [1.54, 1.807) is 19.5 Å². The molecule has 7 heteroatoms. The molecule has 138 valence electrons. The Labute approximate surface area is 154 Å². The molecule has 1 unspecified atom stereocenters. The highest BCUT2D eigenvalue weighted by molar-refractivity contribution is 5.78. The molecule has 1 aliphatic rings. The van der Waals surface area contributed by atoms with Gasteiger partial charge in [-0.25, -0.2) is 9.97 Å². The highest BCUT2D eigenvalue weighted by atomic mass is 16.5. The van der Waals surface area contributed by atoms with E-state index in [2.05, 4.69) is 25.1 Å². The lowest BCUT2D eigenvalue weighted by Crippen LogP contribution is -2.50. The monoisotopic (exact) mass is 355 g/mol. The van der Waals surface area contributed by atoms with Gasteiger partial charge in [0.1, 0.15) is 5.75 Å². The van der Waals surface area contributed by atoms with Gasteiger partial charge in [-0.3, -0.25) is 9.69 Å². The summed E-state index contributed by atoms with van der Waals surface area (Å²) in [4.78, 5) is 25.3. The maximum absolute atomic E-state index is 12.4. The number of piperazine rings is 1. The number of benzene rings is 1. The summed E-state index contributed by atoms with van der Waals surface area (Å²) in [6.45, 7) is 5.63. The van der Waals surface area contributed by atoms with Crippen LogP contribution in [0.3, 0.4) is 0 Å². The molecule has 1 saturated heterocycles. The predicted molar refractivity (Wildman–Crippen MR) is 100 cm³/mol. The SMILES string of the molecule is COc1ccccc1C(C)NC(=O)CN1CCN(c2ncccn2)CC1. The van der Waals surface area contributed by atoms with Crippen molar-refractivity contribution in [1.82, 2.24) is 20.2 Å². The third-order valence-corrected chi connectivity index (χ3v) is 4.56. The van der Waals surface area contributed by atoms with E-state index in [9.17, 15) is 4.79 Å². The quantitative estimate of drug-likeness (QED) is 0.846. The number of anilines is 1. The molecule has 1 aromatic heterocycles. The first-order chi connectivity index (χ1) is 12.7. The number of rotatable bonds is 6. The molecule has 0 radical (unpaired) electrons. The molecule has 0 aliphatic carbocycles. The summed E-state index contributed by atoms with van der Waals surface area (Å²) in [5.74, 6) is 1.56. The highest BCUT2D eigenvalue weighted by Crippen LogP contribution is 2.24. The van der Waals surface area contributed by atoms with E-state index in [1.165, 1.54) is 0 Å². The zero-order valence-electron chi connectivity index (χ0n) is 15.3. The van der Waals surface area contributed by atoms with Crippen LogP contribution in [0.4, 0.5) is 5.95 Å². The first-order valence-corrected chi connectivity index (χ1v) is 8.84. The lowest BCUT2D eigenvalue weighted by molar-refractivity contribution is -0.123. The molecular weight excluding hydrogens is 330 g/mol. The van der Waals surface area contributed by atoms with E-state index in [0.717, 1.165) is 43.4 Å². The van der Waals surface area contributed by atoms with Crippen LogP contribution in [0.5, 0.6) is 5.75 Å². The van der Waals surface area contributed by atoms with Crippen LogP contribution >= 0.6 is 0 Å². The fourth-order valence-electron chi connectivity index (χ4n) is 3.15. The van der Waals surface area contributed by atoms with E-state index in [4.69, 9.17) is 4.74 Å². The van der Waals surface area contributed by atoms with Gasteiger partial charge in [-0.15, -0.1) is 0 Å². The van der Waals surface area contributed by atoms with Crippen LogP contribution in [0.1, 0.15) is 18.5 Å². The van der Waals surface area contributed by atoms with Crippen molar-refractivity contribution in [3.8, 4) is 5.75 Å². The maximum Gasteiger partial charge on any atom is 0.234 e. The summed E-state index contributed by atoms with van der Waals surface area (Å²) >= 11 is 0. The molecule has 26 heavy (non-hydrogen) atoms. The van der Waals surface area contributed by atoms with Crippen molar-refractivity contribution in [2.24, 2.45) is 0 Å². The van der Waals surface area contributed by atoms with Gasteiger partial charge < -0.3 is 15.0 Å². The van der Waals surface area contributed by atoms with Crippen LogP contribution in [-0.4, -0.2) is 60.6 Å². The molecular formula is C19H25N5O2. The fourth-order valence-corrected chi connectivity index (χ4v) is 3.15. The maximum atomic E-state index is 12.4. The number of carbonyl (C=O) groups excluding carboxylic acids is 1. The third kappa shape index (κ3) is 4.49. The number of aromatic nitrogens is 2. The summed E-state index contributed by atoms with van der Waals surface area (Å²) < 4.78 is 5.37. The van der Waals surface area contributed by atoms with E-state index in [-0.39, 0.29) is 11.9 Å². The topological polar surface area (TPSA) is 70.6 Å². The number of methoxy groups -OCH3 is 1. The van der Waals surface area contributed by atoms with Crippen LogP contribution in [0.25, 0.3) is 0 Å². The van der Waals surface area contributed by atoms with Crippen molar-refractivity contribution in [3.63, 3.8) is 0 Å². The van der Waals surface area contributed by atoms with Gasteiger partial charge in [0.05, 0.1) is 19.7 Å². The average molecular weight is 355 g/mol. The number of amides is 1. The number of nitrogens with zero attached hydrogens (tertiary/aromatic N) is 4. The van der Waals surface area contributed by atoms with Crippen molar-refractivity contribution in [1.29, 1.82) is 0 Å². The molecule has 1 amide bonds. The molecule has 2 aromatic rings. The van der Waals surface area contributed by atoms with Gasteiger partial charge in [0.15, 0.2) is 0 Å². The average Bonchev–Trinajstić information content (AvgIpc) is 2.69. The van der Waals surface area contributed by atoms with Crippen molar-refractivity contribution in [3.05, 3.63) is 48.3 Å². The zero-order valence-corrected chi connectivity index (χ0v) is 15.3. The third-order valence-electron chi connectivity index (χ3n) is 4.56. The molecule has 1 aliphatic heterocycles. The summed E-state index contributed by atoms with van der Waals surface area (Å²) in [6, 6.07) is 9.47. The van der Waals surface area contributed by atoms with Gasteiger partial charge in [0.2, 0.25) is 11.9 Å². The number of hydrogen-bond acceptors (Lipinski definition) is 6. The van der Waals surface area contributed by atoms with Crippen LogP contribution in [-0.2, 0) is 4.79 Å². The Morgan fingerprint density at radius 2 is 1.85 bits per heavy atom. The highest BCUT2D eigenvalue weighted by Gasteiger charge is 2.21. The second-order valence-electron chi connectivity index (χ2n) is 6.34. The Balaban J connectivity index is 1.48. The molecule has 0 bridgehead atoms. The zero-order chi connectivity index (χ0) is 18.4. The minimum Gasteiger partial charge on any atom is -0.496 e. The van der Waals surface area contributed by atoms with E-state index < -0.39 is 0 Å². The van der Waals surface area contributed by atoms with E-state index >= 15 is 0 Å². The standard InChI is InChI=1S/C19H25N5O2/c1-15(16-6-3-4-7-17(16)26-2)22-18(25)14-23-10-12-24(13-11-23)19-20-8-5-9-21-19/h3-9,15H,10-14H2,1-2H3,(H,22,25). The summed E-state index contributed by atoms with van der Waals surface area (Å²) in [7, 11) is 1.64. The van der Waals surface area contributed by atoms with Gasteiger partial charge in [0.25, 0.3) is 0 Å². The van der Waals surface area contributed by atoms with Gasteiger partial charge in [-0.1, -0.05) is 18.2 Å². The minimum absolute atomic E-state index is 0.0211. The lowest BCUT2D eigenvalue weighted by Gasteiger charge is -2.34. The normalized spacial score (nSPS) is 16.2. The van der Waals surface area contributed by atoms with Gasteiger partial charge in [-0.05, 0) is 19.1 Å². The molecule has 3 rings (SSSR count). The second kappa shape index (κ2) is 8.62. The number of nitrogens with one attached hydrogen (secondary N) is 1. The fraction of sp³-hybridized carbons (Fsp3) is 0.421. The molecule has 1 aromatic carbocycles. The largest absolute Gasteiger partial charge is 0.496 e. The smallest absolute Gasteiger partial charge is 0.234 e. The number of ether oxygens (including phenoxy) is 1. The van der Waals surface area contributed by atoms with Gasteiger partial charge in [0, 0.05) is 44.1 Å². The van der Waals surface area contributed by atoms with E-state index in [1.807, 2.05) is 37.3 Å². The molecule has 1 N–H and O–H groups in total. The van der Waals surface area contributed by atoms with E-state index in [0.29, 0.717) is 6.54 Å². The molecule has 1 fully saturated rings. The van der Waals surface area contributed by atoms with Crippen LogP contribution < -0.4 is 15.0 Å². The Bertz CT molecular complexity index is 717. The molecule has 2 heterocycles. The Hall–Kier alpha value is -2.67. The van der Waals surface area contributed by atoms with Crippen molar-refractivity contribution in [2.45, 2.75) is 13.0 Å². The first-order valence-electron chi connectivity index (χ1n) is 8.84. The molecule has 7 nitrogen and oxygen atoms in total. The Kier molecular flexibility index (Phi) is 6.01. The van der Waals surface area contributed by atoms with Crippen molar-refractivity contribution >= 4 is 11.9 Å². The van der Waals surface area contributed by atoms with Crippen molar-refractivity contribution < 1.29 is 9.53 Å².